The lowest BCUT2D eigenvalue weighted by Gasteiger charge is -2.43. The number of carbonyl (C=O) groups is 2. The molecule has 232 valence electrons. The molecule has 9 unspecified atom stereocenters. The normalized spacial score (nSPS) is 33.2. The fourth-order valence-corrected chi connectivity index (χ4v) is 10.1. The average molecular weight is 585 g/mol. The predicted molar refractivity (Wildman–Crippen MR) is 172 cm³/mol. The zero-order valence-corrected chi connectivity index (χ0v) is 26.6. The lowest BCUT2D eigenvalue weighted by atomic mass is 9.70. The summed E-state index contributed by atoms with van der Waals surface area (Å²) >= 11 is 0. The number of amides is 2. The molecule has 0 aromatic heterocycles. The molecule has 0 heterocycles. The van der Waals surface area contributed by atoms with Gasteiger partial charge in [-0.2, -0.15) is 0 Å². The summed E-state index contributed by atoms with van der Waals surface area (Å²) in [6, 6.07) is 20.3. The van der Waals surface area contributed by atoms with Crippen molar-refractivity contribution in [2.75, 3.05) is 19.6 Å². The van der Waals surface area contributed by atoms with Gasteiger partial charge in [-0.25, -0.2) is 0 Å². The molecule has 4 aliphatic rings. The van der Waals surface area contributed by atoms with E-state index in [4.69, 9.17) is 11.5 Å². The molecule has 4 bridgehead atoms. The van der Waals surface area contributed by atoms with Crippen molar-refractivity contribution < 1.29 is 9.59 Å². The van der Waals surface area contributed by atoms with Gasteiger partial charge in [0.15, 0.2) is 0 Å². The second-order valence-corrected chi connectivity index (χ2v) is 14.2. The molecule has 0 aliphatic heterocycles. The summed E-state index contributed by atoms with van der Waals surface area (Å²) in [5, 5.41) is 0. The van der Waals surface area contributed by atoms with Gasteiger partial charge >= 0.3 is 0 Å². The Morgan fingerprint density at radius 3 is 2.12 bits per heavy atom. The Hall–Kier alpha value is -2.70. The van der Waals surface area contributed by atoms with Crippen LogP contribution in [0, 0.1) is 29.6 Å². The largest absolute Gasteiger partial charge is 0.338 e. The van der Waals surface area contributed by atoms with Crippen LogP contribution in [0.4, 0.5) is 0 Å². The molecule has 43 heavy (non-hydrogen) atoms. The summed E-state index contributed by atoms with van der Waals surface area (Å²) in [5.74, 6) is 3.60. The van der Waals surface area contributed by atoms with E-state index >= 15 is 0 Å². The van der Waals surface area contributed by atoms with E-state index < -0.39 is 6.04 Å². The Bertz CT molecular complexity index is 1300. The summed E-state index contributed by atoms with van der Waals surface area (Å²) in [6.07, 6.45) is 5.95. The Balaban J connectivity index is 1.32. The molecule has 6 heteroatoms. The molecule has 4 saturated carbocycles. The van der Waals surface area contributed by atoms with E-state index in [-0.39, 0.29) is 36.4 Å². The van der Waals surface area contributed by atoms with Crippen molar-refractivity contribution in [1.29, 1.82) is 0 Å². The first kappa shape index (κ1) is 30.3. The van der Waals surface area contributed by atoms with Gasteiger partial charge in [0, 0.05) is 37.0 Å². The molecular formula is C37H52N4O2. The Morgan fingerprint density at radius 1 is 0.791 bits per heavy atom. The Kier molecular flexibility index (Phi) is 8.72. The van der Waals surface area contributed by atoms with Gasteiger partial charge < -0.3 is 21.3 Å². The van der Waals surface area contributed by atoms with Crippen molar-refractivity contribution in [3.05, 3.63) is 71.3 Å². The van der Waals surface area contributed by atoms with Gasteiger partial charge in [-0.1, -0.05) is 68.4 Å². The lowest BCUT2D eigenvalue weighted by Crippen LogP contribution is -2.54. The van der Waals surface area contributed by atoms with E-state index in [2.05, 4.69) is 78.2 Å². The number of nitrogens with two attached hydrogens (primary N) is 2. The Labute approximate surface area is 258 Å². The molecule has 4 aliphatic carbocycles. The number of hydrogen-bond acceptors (Lipinski definition) is 4. The molecule has 2 aromatic rings. The zero-order valence-electron chi connectivity index (χ0n) is 26.6. The summed E-state index contributed by atoms with van der Waals surface area (Å²) in [6.45, 7) is 9.79. The standard InChI is InChI=1S/C37H52N4O2/c1-5-40(31(42)21-38)35-27-16-15-26(18-27)32(35)25-14-10-13-24(17-25)29-19-28-20-30(29)33(23-11-8-7-9-12-23)36(28)41(6-2)37(43)34(39)22(3)4/h7-14,17,22,26-30,32-36H,5-6,15-16,18-21,38-39H2,1-4H3/t26?,27?,28?,29?,30?,32?,33?,34-,35?,36?/m0/s1. The van der Waals surface area contributed by atoms with E-state index in [1.54, 1.807) is 0 Å². The first-order chi connectivity index (χ1) is 20.8. The zero-order chi connectivity index (χ0) is 30.4. The minimum Gasteiger partial charge on any atom is -0.338 e. The number of likely N-dealkylation sites (N-methyl/N-ethyl adjacent to an activating group) is 2. The molecule has 0 radical (unpaired) electrons. The third-order valence-corrected chi connectivity index (χ3v) is 11.9. The van der Waals surface area contributed by atoms with Crippen LogP contribution in [0.5, 0.6) is 0 Å². The van der Waals surface area contributed by atoms with E-state index in [0.29, 0.717) is 48.0 Å². The predicted octanol–water partition coefficient (Wildman–Crippen LogP) is 5.48. The lowest BCUT2D eigenvalue weighted by molar-refractivity contribution is -0.137. The van der Waals surface area contributed by atoms with Gasteiger partial charge in [-0.3, -0.25) is 9.59 Å². The first-order valence-corrected chi connectivity index (χ1v) is 17.0. The summed E-state index contributed by atoms with van der Waals surface area (Å²) in [7, 11) is 0. The van der Waals surface area contributed by atoms with Crippen LogP contribution < -0.4 is 11.5 Å². The van der Waals surface area contributed by atoms with Crippen LogP contribution in [0.25, 0.3) is 0 Å². The maximum absolute atomic E-state index is 13.7. The molecule has 6 rings (SSSR count). The van der Waals surface area contributed by atoms with E-state index in [0.717, 1.165) is 19.4 Å². The van der Waals surface area contributed by atoms with Crippen LogP contribution >= 0.6 is 0 Å². The molecule has 0 spiro atoms. The smallest absolute Gasteiger partial charge is 0.240 e. The van der Waals surface area contributed by atoms with Gasteiger partial charge in [0.25, 0.3) is 0 Å². The highest BCUT2D eigenvalue weighted by atomic mass is 16.2. The summed E-state index contributed by atoms with van der Waals surface area (Å²) in [5.41, 5.74) is 16.5. The van der Waals surface area contributed by atoms with E-state index in [1.807, 2.05) is 13.8 Å². The quantitative estimate of drug-likeness (QED) is 0.387. The molecule has 10 atom stereocenters. The number of benzene rings is 2. The monoisotopic (exact) mass is 584 g/mol. The third kappa shape index (κ3) is 5.22. The van der Waals surface area contributed by atoms with Crippen LogP contribution in [0.3, 0.4) is 0 Å². The molecule has 2 amide bonds. The topological polar surface area (TPSA) is 92.7 Å². The highest BCUT2D eigenvalue weighted by molar-refractivity contribution is 5.82. The molecule has 0 saturated heterocycles. The van der Waals surface area contributed by atoms with Crippen LogP contribution in [-0.2, 0) is 9.59 Å². The van der Waals surface area contributed by atoms with Gasteiger partial charge in [0.2, 0.25) is 11.8 Å². The van der Waals surface area contributed by atoms with Crippen LogP contribution in [0.2, 0.25) is 0 Å². The number of fused-ring (bicyclic) bond motifs is 4. The number of rotatable bonds is 10. The van der Waals surface area contributed by atoms with Crippen molar-refractivity contribution in [3.8, 4) is 0 Å². The first-order valence-electron chi connectivity index (χ1n) is 17.0. The second-order valence-electron chi connectivity index (χ2n) is 14.2. The van der Waals surface area contributed by atoms with Gasteiger partial charge in [0.1, 0.15) is 0 Å². The van der Waals surface area contributed by atoms with Gasteiger partial charge in [0.05, 0.1) is 12.6 Å². The van der Waals surface area contributed by atoms with E-state index in [1.165, 1.54) is 36.0 Å². The van der Waals surface area contributed by atoms with E-state index in [9.17, 15) is 9.59 Å². The van der Waals surface area contributed by atoms with Gasteiger partial charge in [-0.05, 0) is 98.1 Å². The van der Waals surface area contributed by atoms with Crippen molar-refractivity contribution >= 4 is 11.8 Å². The van der Waals surface area contributed by atoms with Crippen molar-refractivity contribution in [3.63, 3.8) is 0 Å². The Morgan fingerprint density at radius 2 is 1.44 bits per heavy atom. The average Bonchev–Trinajstić information content (AvgIpc) is 3.83. The second kappa shape index (κ2) is 12.4. The highest BCUT2D eigenvalue weighted by Gasteiger charge is 2.56. The maximum atomic E-state index is 13.7. The van der Waals surface area contributed by atoms with Crippen LogP contribution in [-0.4, -0.2) is 59.4 Å². The molecule has 4 fully saturated rings. The molecule has 4 N–H and O–H groups in total. The van der Waals surface area contributed by atoms with Crippen molar-refractivity contribution in [2.24, 2.45) is 41.1 Å². The molecule has 2 aromatic carbocycles. The number of carbonyl (C=O) groups excluding carboxylic acids is 2. The van der Waals surface area contributed by atoms with Gasteiger partial charge in [-0.15, -0.1) is 0 Å². The minimum absolute atomic E-state index is 0.0817. The third-order valence-electron chi connectivity index (χ3n) is 11.9. The maximum Gasteiger partial charge on any atom is 0.240 e. The fourth-order valence-electron chi connectivity index (χ4n) is 10.1. The number of nitrogens with zero attached hydrogens (tertiary/aromatic N) is 2. The number of hydrogen-bond donors (Lipinski definition) is 2. The summed E-state index contributed by atoms with van der Waals surface area (Å²) < 4.78 is 0. The fraction of sp³-hybridized carbons (Fsp3) is 0.622. The molecular weight excluding hydrogens is 532 g/mol. The van der Waals surface area contributed by atoms with Crippen LogP contribution in [0.15, 0.2) is 54.6 Å². The summed E-state index contributed by atoms with van der Waals surface area (Å²) in [4.78, 5) is 30.8. The highest BCUT2D eigenvalue weighted by Crippen LogP contribution is 2.61. The minimum atomic E-state index is -0.466. The van der Waals surface area contributed by atoms with Crippen molar-refractivity contribution in [2.45, 2.75) is 95.7 Å². The van der Waals surface area contributed by atoms with Crippen molar-refractivity contribution in [1.82, 2.24) is 9.80 Å². The molecule has 6 nitrogen and oxygen atoms in total. The van der Waals surface area contributed by atoms with Crippen LogP contribution in [0.1, 0.15) is 94.2 Å². The SMILES string of the molecule is CCN(C(=O)CN)C1C2CCC(C2)C1c1cccc(C2CC3CC2C(c2ccccc2)C3N(CC)C(=O)[C@@H](N)C(C)C)c1.